The molecule has 1 heterocycles. The van der Waals surface area contributed by atoms with E-state index >= 15 is 0 Å². The highest BCUT2D eigenvalue weighted by Crippen LogP contribution is 2.25. The lowest BCUT2D eigenvalue weighted by Crippen LogP contribution is -2.10. The lowest BCUT2D eigenvalue weighted by molar-refractivity contribution is 0.679. The number of benzene rings is 1. The van der Waals surface area contributed by atoms with E-state index in [0.717, 1.165) is 5.56 Å². The quantitative estimate of drug-likeness (QED) is 0.436. The zero-order chi connectivity index (χ0) is 18.4. The number of pyridine rings is 1. The summed E-state index contributed by atoms with van der Waals surface area (Å²) in [4.78, 5) is 4.59. The third-order valence-electron chi connectivity index (χ3n) is 3.36. The van der Waals surface area contributed by atoms with Crippen LogP contribution in [0.15, 0.2) is 41.4 Å². The van der Waals surface area contributed by atoms with E-state index in [9.17, 15) is 4.21 Å². The molecule has 0 fully saturated rings. The number of hydrogen-bond acceptors (Lipinski definition) is 7. The molecule has 0 saturated carbocycles. The summed E-state index contributed by atoms with van der Waals surface area (Å²) < 4.78 is 19.3. The van der Waals surface area contributed by atoms with Crippen LogP contribution in [0.1, 0.15) is 11.1 Å². The zero-order valence-electron chi connectivity index (χ0n) is 13.5. The summed E-state index contributed by atoms with van der Waals surface area (Å²) in [6.07, 6.45) is 2.94. The Morgan fingerprint density at radius 2 is 2.00 bits per heavy atom. The standard InChI is InChI=1S/C16H17ClN6OS/c1-25(20,24)12-4-2-11(3-5-12)10-23-13-6-8-21-16(22-9-7-18)14(13)15(17)19/h2-6,8,19-20H,9-10H2,1H3,(H2,21,22,23). The van der Waals surface area contributed by atoms with Crippen molar-refractivity contribution in [1.29, 1.82) is 15.5 Å². The van der Waals surface area contributed by atoms with Crippen molar-refractivity contribution in [2.45, 2.75) is 11.4 Å². The number of hydrogen-bond donors (Lipinski definition) is 4. The topological polar surface area (TPSA) is 126 Å². The summed E-state index contributed by atoms with van der Waals surface area (Å²) in [5.41, 5.74) is 1.92. The van der Waals surface area contributed by atoms with Gasteiger partial charge in [-0.2, -0.15) is 5.26 Å². The van der Waals surface area contributed by atoms with Gasteiger partial charge in [0.25, 0.3) is 0 Å². The van der Waals surface area contributed by atoms with Crippen LogP contribution in [0.5, 0.6) is 0 Å². The van der Waals surface area contributed by atoms with Crippen molar-refractivity contribution in [3.8, 4) is 6.07 Å². The van der Waals surface area contributed by atoms with E-state index in [1.807, 2.05) is 6.07 Å². The van der Waals surface area contributed by atoms with E-state index in [4.69, 9.17) is 27.1 Å². The Balaban J connectivity index is 2.20. The normalized spacial score (nSPS) is 12.7. The number of nitriles is 1. The van der Waals surface area contributed by atoms with Crippen molar-refractivity contribution < 1.29 is 4.21 Å². The zero-order valence-corrected chi connectivity index (χ0v) is 15.0. The minimum Gasteiger partial charge on any atom is -0.380 e. The first-order valence-corrected chi connectivity index (χ1v) is 9.58. The number of halogens is 1. The molecule has 0 aliphatic rings. The molecule has 7 nitrogen and oxygen atoms in total. The first-order chi connectivity index (χ1) is 11.8. The molecule has 0 bridgehead atoms. The molecule has 0 saturated heterocycles. The largest absolute Gasteiger partial charge is 0.380 e. The Kier molecular flexibility index (Phi) is 5.96. The Morgan fingerprint density at radius 1 is 1.32 bits per heavy atom. The van der Waals surface area contributed by atoms with Crippen molar-refractivity contribution in [1.82, 2.24) is 4.98 Å². The van der Waals surface area contributed by atoms with Crippen molar-refractivity contribution >= 4 is 38.0 Å². The van der Waals surface area contributed by atoms with Crippen LogP contribution in [0.2, 0.25) is 0 Å². The molecule has 0 spiro atoms. The fourth-order valence-electron chi connectivity index (χ4n) is 2.15. The average molecular weight is 377 g/mol. The maximum Gasteiger partial charge on any atom is 0.139 e. The van der Waals surface area contributed by atoms with Gasteiger partial charge in [0.15, 0.2) is 0 Å². The summed E-state index contributed by atoms with van der Waals surface area (Å²) in [6, 6.07) is 10.6. The fraction of sp³-hybridized carbons (Fsp3) is 0.188. The van der Waals surface area contributed by atoms with Crippen LogP contribution in [0, 0.1) is 21.5 Å². The molecule has 0 aliphatic heterocycles. The van der Waals surface area contributed by atoms with Gasteiger partial charge in [0, 0.05) is 23.9 Å². The second kappa shape index (κ2) is 7.96. The Morgan fingerprint density at radius 3 is 2.56 bits per heavy atom. The van der Waals surface area contributed by atoms with Crippen LogP contribution in [-0.2, 0) is 16.3 Å². The maximum atomic E-state index is 11.7. The number of anilines is 2. The van der Waals surface area contributed by atoms with Gasteiger partial charge >= 0.3 is 0 Å². The average Bonchev–Trinajstić information content (AvgIpc) is 2.57. The highest BCUT2D eigenvalue weighted by atomic mass is 35.5. The summed E-state index contributed by atoms with van der Waals surface area (Å²) in [6.45, 7) is 0.501. The van der Waals surface area contributed by atoms with Crippen LogP contribution in [0.4, 0.5) is 11.5 Å². The molecule has 0 radical (unpaired) electrons. The molecule has 0 amide bonds. The van der Waals surface area contributed by atoms with E-state index in [2.05, 4.69) is 15.6 Å². The van der Waals surface area contributed by atoms with Crippen molar-refractivity contribution in [3.05, 3.63) is 47.7 Å². The highest BCUT2D eigenvalue weighted by Gasteiger charge is 2.13. The Hall–Kier alpha value is -2.63. The summed E-state index contributed by atoms with van der Waals surface area (Å²) in [7, 11) is -2.73. The molecule has 130 valence electrons. The smallest absolute Gasteiger partial charge is 0.139 e. The molecule has 9 heteroatoms. The molecule has 1 unspecified atom stereocenters. The minimum absolute atomic E-state index is 0.0541. The summed E-state index contributed by atoms with van der Waals surface area (Å²) >= 11 is 5.87. The van der Waals surface area contributed by atoms with Crippen molar-refractivity contribution in [2.24, 2.45) is 0 Å². The molecular formula is C16H17ClN6OS. The highest BCUT2D eigenvalue weighted by molar-refractivity contribution is 7.91. The molecule has 4 N–H and O–H groups in total. The predicted octanol–water partition coefficient (Wildman–Crippen LogP) is 3.23. The lowest BCUT2D eigenvalue weighted by Gasteiger charge is -2.14. The number of nitrogens with one attached hydrogen (secondary N) is 4. The van der Waals surface area contributed by atoms with E-state index in [1.165, 1.54) is 6.26 Å². The van der Waals surface area contributed by atoms with Crippen LogP contribution in [0.25, 0.3) is 0 Å². The van der Waals surface area contributed by atoms with Gasteiger partial charge in [-0.1, -0.05) is 23.7 Å². The number of rotatable bonds is 7. The molecule has 1 aromatic carbocycles. The molecule has 2 aromatic rings. The van der Waals surface area contributed by atoms with Crippen LogP contribution < -0.4 is 10.6 Å². The van der Waals surface area contributed by atoms with Crippen molar-refractivity contribution in [2.75, 3.05) is 23.4 Å². The molecule has 0 aliphatic carbocycles. The molecule has 1 atom stereocenters. The van der Waals surface area contributed by atoms with Gasteiger partial charge in [0.1, 0.15) is 17.5 Å². The van der Waals surface area contributed by atoms with Gasteiger partial charge < -0.3 is 10.6 Å². The van der Waals surface area contributed by atoms with E-state index in [-0.39, 0.29) is 11.7 Å². The van der Waals surface area contributed by atoms with Gasteiger partial charge in [-0.3, -0.25) is 5.41 Å². The van der Waals surface area contributed by atoms with E-state index in [0.29, 0.717) is 28.5 Å². The number of nitrogens with zero attached hydrogens (tertiary/aromatic N) is 2. The number of aromatic nitrogens is 1. The summed E-state index contributed by atoms with van der Waals surface area (Å²) in [5, 5.41) is 22.2. The first kappa shape index (κ1) is 18.7. The van der Waals surface area contributed by atoms with Crippen LogP contribution >= 0.6 is 11.6 Å². The third-order valence-corrected chi connectivity index (χ3v) is 4.72. The fourth-order valence-corrected chi connectivity index (χ4v) is 3.00. The first-order valence-electron chi connectivity index (χ1n) is 7.24. The van der Waals surface area contributed by atoms with Gasteiger partial charge in [-0.05, 0) is 23.8 Å². The minimum atomic E-state index is -2.73. The molecule has 25 heavy (non-hydrogen) atoms. The van der Waals surface area contributed by atoms with Crippen LogP contribution in [0.3, 0.4) is 0 Å². The summed E-state index contributed by atoms with van der Waals surface area (Å²) in [5.74, 6) is 0.363. The van der Waals surface area contributed by atoms with Gasteiger partial charge in [0.2, 0.25) is 0 Å². The Labute approximate surface area is 151 Å². The molecule has 1 aromatic heterocycles. The SMILES string of the molecule is CS(=N)(=O)c1ccc(CNc2ccnc(NCC#N)c2C(=N)Cl)cc1. The second-order valence-corrected chi connectivity index (χ2v) is 7.79. The predicted molar refractivity (Wildman–Crippen MR) is 99.8 cm³/mol. The molecular weight excluding hydrogens is 360 g/mol. The van der Waals surface area contributed by atoms with Gasteiger partial charge in [-0.25, -0.2) is 14.0 Å². The maximum absolute atomic E-state index is 11.7. The monoisotopic (exact) mass is 376 g/mol. The van der Waals surface area contributed by atoms with Gasteiger partial charge in [-0.15, -0.1) is 0 Å². The van der Waals surface area contributed by atoms with E-state index < -0.39 is 9.73 Å². The molecule has 2 rings (SSSR count). The van der Waals surface area contributed by atoms with E-state index in [1.54, 1.807) is 36.5 Å². The Bertz CT molecular complexity index is 919. The third kappa shape index (κ3) is 4.92. The van der Waals surface area contributed by atoms with Crippen molar-refractivity contribution in [3.63, 3.8) is 0 Å². The van der Waals surface area contributed by atoms with Gasteiger partial charge in [0.05, 0.1) is 27.0 Å². The lowest BCUT2D eigenvalue weighted by atomic mass is 10.2. The van der Waals surface area contributed by atoms with Crippen LogP contribution in [-0.4, -0.2) is 27.2 Å². The second-order valence-electron chi connectivity index (χ2n) is 5.25.